The van der Waals surface area contributed by atoms with Gasteiger partial charge in [-0.15, -0.1) is 0 Å². The Hall–Kier alpha value is -1.23. The summed E-state index contributed by atoms with van der Waals surface area (Å²) < 4.78 is 37.7. The number of hydrogen-bond acceptors (Lipinski definition) is 2. The summed E-state index contributed by atoms with van der Waals surface area (Å²) in [6.45, 7) is 0.778. The average molecular weight is 245 g/mol. The summed E-state index contributed by atoms with van der Waals surface area (Å²) in [4.78, 5) is 0. The van der Waals surface area contributed by atoms with Crippen LogP contribution in [0.2, 0.25) is 0 Å². The zero-order valence-corrected chi connectivity index (χ0v) is 9.22. The zero-order valence-electron chi connectivity index (χ0n) is 9.22. The van der Waals surface area contributed by atoms with Crippen molar-refractivity contribution in [2.24, 2.45) is 0 Å². The van der Waals surface area contributed by atoms with E-state index in [1.54, 1.807) is 0 Å². The number of rotatable bonds is 1. The molecular formula is C12H14F3NO. The van der Waals surface area contributed by atoms with Crippen molar-refractivity contribution in [2.45, 2.75) is 31.5 Å². The summed E-state index contributed by atoms with van der Waals surface area (Å²) >= 11 is 0. The highest BCUT2D eigenvalue weighted by Crippen LogP contribution is 2.36. The van der Waals surface area contributed by atoms with Gasteiger partial charge in [0, 0.05) is 11.6 Å². The van der Waals surface area contributed by atoms with Gasteiger partial charge in [-0.3, -0.25) is 0 Å². The van der Waals surface area contributed by atoms with E-state index in [4.69, 9.17) is 0 Å². The second kappa shape index (κ2) is 4.56. The first-order valence-electron chi connectivity index (χ1n) is 5.62. The molecule has 2 nitrogen and oxygen atoms in total. The molecule has 94 valence electrons. The van der Waals surface area contributed by atoms with Crippen LogP contribution in [0.4, 0.5) is 13.2 Å². The molecule has 17 heavy (non-hydrogen) atoms. The van der Waals surface area contributed by atoms with Gasteiger partial charge in [0.2, 0.25) is 0 Å². The number of hydrogen-bond donors (Lipinski definition) is 2. The van der Waals surface area contributed by atoms with Gasteiger partial charge in [-0.05, 0) is 37.6 Å². The fourth-order valence-corrected chi connectivity index (χ4v) is 2.13. The highest BCUT2D eigenvalue weighted by atomic mass is 19.4. The Kier molecular flexibility index (Phi) is 3.28. The second-order valence-electron chi connectivity index (χ2n) is 4.27. The Morgan fingerprint density at radius 1 is 1.24 bits per heavy atom. The Bertz CT molecular complexity index is 397. The lowest BCUT2D eigenvalue weighted by Crippen LogP contribution is -2.27. The maximum Gasteiger partial charge on any atom is 0.416 e. The monoisotopic (exact) mass is 245 g/mol. The van der Waals surface area contributed by atoms with Crippen LogP contribution in [-0.2, 0) is 6.18 Å². The van der Waals surface area contributed by atoms with Crippen LogP contribution < -0.4 is 5.32 Å². The predicted octanol–water partition coefficient (Wildman–Crippen LogP) is 3.23. The number of piperidine rings is 1. The molecule has 0 bridgehead atoms. The first kappa shape index (κ1) is 12.2. The number of alkyl halides is 3. The van der Waals surface area contributed by atoms with E-state index in [0.29, 0.717) is 5.56 Å². The van der Waals surface area contributed by atoms with Crippen LogP contribution in [-0.4, -0.2) is 11.7 Å². The van der Waals surface area contributed by atoms with Gasteiger partial charge in [-0.2, -0.15) is 13.2 Å². The van der Waals surface area contributed by atoms with Gasteiger partial charge in [-0.1, -0.05) is 6.42 Å². The zero-order chi connectivity index (χ0) is 12.5. The minimum absolute atomic E-state index is 0.0719. The van der Waals surface area contributed by atoms with Crippen molar-refractivity contribution in [3.8, 4) is 5.75 Å². The Balaban J connectivity index is 2.31. The second-order valence-corrected chi connectivity index (χ2v) is 4.27. The minimum Gasteiger partial charge on any atom is -0.508 e. The third kappa shape index (κ3) is 2.72. The van der Waals surface area contributed by atoms with Gasteiger partial charge in [0.1, 0.15) is 5.75 Å². The molecule has 1 aromatic rings. The summed E-state index contributed by atoms with van der Waals surface area (Å²) in [5.41, 5.74) is -0.364. The van der Waals surface area contributed by atoms with Crippen LogP contribution in [0.15, 0.2) is 18.2 Å². The van der Waals surface area contributed by atoms with E-state index in [1.165, 1.54) is 0 Å². The highest BCUT2D eigenvalue weighted by Gasteiger charge is 2.32. The predicted molar refractivity (Wildman–Crippen MR) is 57.7 cm³/mol. The molecule has 0 aliphatic carbocycles. The van der Waals surface area contributed by atoms with Gasteiger partial charge in [-0.25, -0.2) is 0 Å². The Morgan fingerprint density at radius 2 is 2.00 bits per heavy atom. The molecule has 0 radical (unpaired) electrons. The third-order valence-corrected chi connectivity index (χ3v) is 3.04. The van der Waals surface area contributed by atoms with Crippen LogP contribution in [0, 0.1) is 0 Å². The summed E-state index contributed by atoms with van der Waals surface area (Å²) in [6.07, 6.45) is -1.62. The van der Waals surface area contributed by atoms with Crippen molar-refractivity contribution in [3.63, 3.8) is 0 Å². The maximum atomic E-state index is 12.6. The van der Waals surface area contributed by atoms with E-state index < -0.39 is 11.7 Å². The van der Waals surface area contributed by atoms with Crippen molar-refractivity contribution < 1.29 is 18.3 Å². The van der Waals surface area contributed by atoms with Crippen molar-refractivity contribution in [1.82, 2.24) is 5.32 Å². The molecule has 2 N–H and O–H groups in total. The van der Waals surface area contributed by atoms with Crippen molar-refractivity contribution >= 4 is 0 Å². The van der Waals surface area contributed by atoms with Crippen LogP contribution in [0.3, 0.4) is 0 Å². The van der Waals surface area contributed by atoms with Gasteiger partial charge in [0.15, 0.2) is 0 Å². The van der Waals surface area contributed by atoms with Crippen LogP contribution >= 0.6 is 0 Å². The molecule has 5 heteroatoms. The van der Waals surface area contributed by atoms with Gasteiger partial charge in [0.05, 0.1) is 5.56 Å². The number of benzene rings is 1. The normalized spacial score (nSPS) is 21.5. The summed E-state index contributed by atoms with van der Waals surface area (Å²) in [5.74, 6) is -0.0719. The number of nitrogens with one attached hydrogen (secondary N) is 1. The quantitative estimate of drug-likeness (QED) is 0.796. The first-order valence-corrected chi connectivity index (χ1v) is 5.62. The molecule has 1 unspecified atom stereocenters. The molecule has 0 amide bonds. The minimum atomic E-state index is -4.36. The lowest BCUT2D eigenvalue weighted by atomic mass is 9.95. The molecule has 1 atom stereocenters. The Labute approximate surface area is 97.5 Å². The molecule has 1 aromatic carbocycles. The molecular weight excluding hydrogens is 231 g/mol. The van der Waals surface area contributed by atoms with Gasteiger partial charge < -0.3 is 10.4 Å². The molecule has 1 heterocycles. The number of phenolic OH excluding ortho intramolecular Hbond substituents is 1. The lowest BCUT2D eigenvalue weighted by Gasteiger charge is -2.25. The number of aromatic hydroxyl groups is 1. The number of halogens is 3. The summed E-state index contributed by atoms with van der Waals surface area (Å²) in [6, 6.07) is 2.89. The van der Waals surface area contributed by atoms with Gasteiger partial charge >= 0.3 is 6.18 Å². The van der Waals surface area contributed by atoms with Gasteiger partial charge in [0.25, 0.3) is 0 Å². The summed E-state index contributed by atoms with van der Waals surface area (Å²) in [5, 5.41) is 12.8. The number of phenols is 1. The van der Waals surface area contributed by atoms with E-state index in [9.17, 15) is 18.3 Å². The van der Waals surface area contributed by atoms with Crippen LogP contribution in [0.1, 0.15) is 36.4 Å². The highest BCUT2D eigenvalue weighted by molar-refractivity contribution is 5.39. The Morgan fingerprint density at radius 3 is 2.59 bits per heavy atom. The molecule has 1 saturated heterocycles. The smallest absolute Gasteiger partial charge is 0.416 e. The molecule has 0 aromatic heterocycles. The third-order valence-electron chi connectivity index (χ3n) is 3.04. The summed E-state index contributed by atoms with van der Waals surface area (Å²) in [7, 11) is 0. The average Bonchev–Trinajstić information content (AvgIpc) is 2.29. The topological polar surface area (TPSA) is 32.3 Å². The van der Waals surface area contributed by atoms with E-state index in [1.807, 2.05) is 0 Å². The SMILES string of the molecule is Oc1ccc(C(F)(F)F)cc1C1CCCCN1. The standard InChI is InChI=1S/C12H14F3NO/c13-12(14,15)8-4-5-11(17)9(7-8)10-3-1-2-6-16-10/h4-5,7,10,16-17H,1-3,6H2. The van der Waals surface area contributed by atoms with E-state index in [2.05, 4.69) is 5.32 Å². The molecule has 2 rings (SSSR count). The van der Waals surface area contributed by atoms with Crippen molar-refractivity contribution in [3.05, 3.63) is 29.3 Å². The molecule has 1 aliphatic heterocycles. The van der Waals surface area contributed by atoms with E-state index in [0.717, 1.165) is 44.0 Å². The maximum absolute atomic E-state index is 12.6. The van der Waals surface area contributed by atoms with E-state index >= 15 is 0 Å². The van der Waals surface area contributed by atoms with E-state index in [-0.39, 0.29) is 11.8 Å². The molecule has 0 spiro atoms. The van der Waals surface area contributed by atoms with Crippen molar-refractivity contribution in [1.29, 1.82) is 0 Å². The fourth-order valence-electron chi connectivity index (χ4n) is 2.13. The fraction of sp³-hybridized carbons (Fsp3) is 0.500. The molecule has 1 fully saturated rings. The first-order chi connectivity index (χ1) is 7.98. The van der Waals surface area contributed by atoms with Crippen molar-refractivity contribution in [2.75, 3.05) is 6.54 Å². The van der Waals surface area contributed by atoms with Crippen LogP contribution in [0.5, 0.6) is 5.75 Å². The largest absolute Gasteiger partial charge is 0.508 e. The molecule has 1 aliphatic rings. The molecule has 0 saturated carbocycles. The lowest BCUT2D eigenvalue weighted by molar-refractivity contribution is -0.137. The van der Waals surface area contributed by atoms with Crippen LogP contribution in [0.25, 0.3) is 0 Å².